The minimum absolute atomic E-state index is 0.143. The highest BCUT2D eigenvalue weighted by Gasteiger charge is 2.35. The van der Waals surface area contributed by atoms with Crippen molar-refractivity contribution >= 4 is 17.4 Å². The molecule has 0 spiro atoms. The number of nitrogens with one attached hydrogen (secondary N) is 1. The largest absolute Gasteiger partial charge is 0.365 e. The quantitative estimate of drug-likeness (QED) is 0.710. The molecule has 2 nitrogen and oxygen atoms in total. The summed E-state index contributed by atoms with van der Waals surface area (Å²) in [5.41, 5.74) is 0.143. The van der Waals surface area contributed by atoms with Crippen LogP contribution in [0, 0.1) is 11.3 Å². The molecule has 2 aliphatic rings. The van der Waals surface area contributed by atoms with Gasteiger partial charge >= 0.3 is 0 Å². The summed E-state index contributed by atoms with van der Waals surface area (Å²) in [7, 11) is 0. The molecule has 0 bridgehead atoms. The van der Waals surface area contributed by atoms with E-state index >= 15 is 0 Å². The molecule has 1 aliphatic carbocycles. The first kappa shape index (κ1) is 10.0. The van der Waals surface area contributed by atoms with Gasteiger partial charge in [0.05, 0.1) is 11.1 Å². The molecule has 0 amide bonds. The molecule has 1 heterocycles. The van der Waals surface area contributed by atoms with E-state index in [9.17, 15) is 0 Å². The van der Waals surface area contributed by atoms with Crippen molar-refractivity contribution in [2.24, 2.45) is 16.3 Å². The van der Waals surface area contributed by atoms with Gasteiger partial charge in [-0.1, -0.05) is 32.4 Å². The number of aliphatic imine (C=N–C) groups is 1. The molecule has 0 aromatic carbocycles. The molecule has 2 rings (SSSR count). The van der Waals surface area contributed by atoms with Crippen molar-refractivity contribution < 1.29 is 0 Å². The van der Waals surface area contributed by atoms with Crippen LogP contribution >= 0.6 is 11.6 Å². The summed E-state index contributed by atoms with van der Waals surface area (Å²) >= 11 is 6.15. The van der Waals surface area contributed by atoms with E-state index in [1.165, 1.54) is 12.8 Å². The van der Waals surface area contributed by atoms with Crippen molar-refractivity contribution in [3.8, 4) is 0 Å². The lowest BCUT2D eigenvalue weighted by atomic mass is 9.86. The van der Waals surface area contributed by atoms with Gasteiger partial charge in [0.25, 0.3) is 0 Å². The van der Waals surface area contributed by atoms with Gasteiger partial charge in [-0.05, 0) is 18.3 Å². The number of nitrogens with zero attached hydrogens (tertiary/aromatic N) is 1. The topological polar surface area (TPSA) is 24.4 Å². The molecular weight excluding hydrogens is 196 g/mol. The molecule has 1 saturated carbocycles. The van der Waals surface area contributed by atoms with Crippen molar-refractivity contribution in [3.05, 3.63) is 11.2 Å². The Morgan fingerprint density at radius 2 is 2.07 bits per heavy atom. The van der Waals surface area contributed by atoms with Crippen LogP contribution in [0.5, 0.6) is 0 Å². The minimum Gasteiger partial charge on any atom is -0.365 e. The molecule has 0 aromatic heterocycles. The second-order valence-corrected chi connectivity index (χ2v) is 5.68. The van der Waals surface area contributed by atoms with Gasteiger partial charge in [0.15, 0.2) is 0 Å². The maximum Gasteiger partial charge on any atom is 0.105 e. The van der Waals surface area contributed by atoms with Crippen LogP contribution in [0.1, 0.15) is 33.6 Å². The molecule has 78 valence electrons. The molecule has 1 aliphatic heterocycles. The zero-order valence-electron chi connectivity index (χ0n) is 8.97. The average molecular weight is 213 g/mol. The van der Waals surface area contributed by atoms with Crippen LogP contribution in [0.15, 0.2) is 16.2 Å². The predicted octanol–water partition coefficient (Wildman–Crippen LogP) is 2.89. The summed E-state index contributed by atoms with van der Waals surface area (Å²) in [6, 6.07) is 0.220. The lowest BCUT2D eigenvalue weighted by molar-refractivity contribution is 0.335. The number of amidine groups is 1. The van der Waals surface area contributed by atoms with Gasteiger partial charge in [-0.3, -0.25) is 0 Å². The first-order valence-corrected chi connectivity index (χ1v) is 5.56. The SMILES string of the molecule is CC(C)(C)C1NC(C2CC2)=NC=C1Cl. The zero-order chi connectivity index (χ0) is 10.3. The summed E-state index contributed by atoms with van der Waals surface area (Å²) in [6.45, 7) is 6.57. The van der Waals surface area contributed by atoms with Gasteiger partial charge in [-0.2, -0.15) is 0 Å². The Bertz CT molecular complexity index is 295. The predicted molar refractivity (Wildman–Crippen MR) is 60.5 cm³/mol. The second-order valence-electron chi connectivity index (χ2n) is 5.25. The van der Waals surface area contributed by atoms with Gasteiger partial charge in [0.1, 0.15) is 5.84 Å². The summed E-state index contributed by atoms with van der Waals surface area (Å²) in [5.74, 6) is 1.80. The fraction of sp³-hybridized carbons (Fsp3) is 0.727. The monoisotopic (exact) mass is 212 g/mol. The molecule has 3 heteroatoms. The van der Waals surface area contributed by atoms with E-state index in [-0.39, 0.29) is 11.5 Å². The maximum absolute atomic E-state index is 6.15. The van der Waals surface area contributed by atoms with Crippen LogP contribution in [0.3, 0.4) is 0 Å². The molecule has 1 unspecified atom stereocenters. The van der Waals surface area contributed by atoms with E-state index in [2.05, 4.69) is 31.1 Å². The highest BCUT2D eigenvalue weighted by Crippen LogP contribution is 2.35. The minimum atomic E-state index is 0.143. The maximum atomic E-state index is 6.15. The van der Waals surface area contributed by atoms with Gasteiger partial charge in [-0.15, -0.1) is 0 Å². The highest BCUT2D eigenvalue weighted by molar-refractivity contribution is 6.30. The number of hydrogen-bond donors (Lipinski definition) is 1. The van der Waals surface area contributed by atoms with Gasteiger partial charge < -0.3 is 5.32 Å². The van der Waals surface area contributed by atoms with Crippen LogP contribution < -0.4 is 5.32 Å². The van der Waals surface area contributed by atoms with E-state index in [0.717, 1.165) is 10.9 Å². The second kappa shape index (κ2) is 3.27. The summed E-state index contributed by atoms with van der Waals surface area (Å²) in [4.78, 5) is 4.35. The normalized spacial score (nSPS) is 27.9. The standard InChI is InChI=1S/C11H17ClN2/c1-11(2,3)9-8(12)6-13-10(14-9)7-4-5-7/h6-7,9H,4-5H2,1-3H3,(H,13,14). The van der Waals surface area contributed by atoms with Crippen molar-refractivity contribution in [2.75, 3.05) is 0 Å². The zero-order valence-corrected chi connectivity index (χ0v) is 9.73. The highest BCUT2D eigenvalue weighted by atomic mass is 35.5. The third-order valence-corrected chi connectivity index (χ3v) is 3.04. The fourth-order valence-electron chi connectivity index (χ4n) is 1.67. The molecule has 1 N–H and O–H groups in total. The summed E-state index contributed by atoms with van der Waals surface area (Å²) in [5, 5.41) is 4.28. The van der Waals surface area contributed by atoms with Crippen LogP contribution in [-0.2, 0) is 0 Å². The molecule has 0 radical (unpaired) electrons. The van der Waals surface area contributed by atoms with Crippen molar-refractivity contribution in [2.45, 2.75) is 39.7 Å². The van der Waals surface area contributed by atoms with Crippen LogP contribution in [-0.4, -0.2) is 11.9 Å². The Morgan fingerprint density at radius 1 is 1.43 bits per heavy atom. The lowest BCUT2D eigenvalue weighted by Crippen LogP contribution is -2.46. The third kappa shape index (κ3) is 1.95. The number of hydrogen-bond acceptors (Lipinski definition) is 2. The van der Waals surface area contributed by atoms with Crippen molar-refractivity contribution in [1.29, 1.82) is 0 Å². The van der Waals surface area contributed by atoms with Gasteiger partial charge in [-0.25, -0.2) is 4.99 Å². The Hall–Kier alpha value is -0.500. The van der Waals surface area contributed by atoms with E-state index in [0.29, 0.717) is 5.92 Å². The Balaban J connectivity index is 2.15. The smallest absolute Gasteiger partial charge is 0.105 e. The first-order valence-electron chi connectivity index (χ1n) is 5.18. The Kier molecular flexibility index (Phi) is 2.34. The fourth-order valence-corrected chi connectivity index (χ4v) is 2.10. The molecule has 1 atom stereocenters. The van der Waals surface area contributed by atoms with E-state index in [1.54, 1.807) is 0 Å². The number of rotatable bonds is 1. The third-order valence-electron chi connectivity index (χ3n) is 2.73. The summed E-state index contributed by atoms with van der Waals surface area (Å²) < 4.78 is 0. The molecular formula is C11H17ClN2. The molecule has 0 saturated heterocycles. The van der Waals surface area contributed by atoms with Crippen molar-refractivity contribution in [3.63, 3.8) is 0 Å². The summed E-state index contributed by atoms with van der Waals surface area (Å²) in [6.07, 6.45) is 4.35. The van der Waals surface area contributed by atoms with Crippen LogP contribution in [0.25, 0.3) is 0 Å². The first-order chi connectivity index (χ1) is 6.48. The number of halogens is 1. The Labute approximate surface area is 90.4 Å². The van der Waals surface area contributed by atoms with E-state index < -0.39 is 0 Å². The van der Waals surface area contributed by atoms with Crippen LogP contribution in [0.2, 0.25) is 0 Å². The average Bonchev–Trinajstić information content (AvgIpc) is 2.85. The molecule has 1 fully saturated rings. The van der Waals surface area contributed by atoms with Crippen molar-refractivity contribution in [1.82, 2.24) is 5.32 Å². The van der Waals surface area contributed by atoms with Gasteiger partial charge in [0, 0.05) is 12.1 Å². The Morgan fingerprint density at radius 3 is 2.57 bits per heavy atom. The lowest BCUT2D eigenvalue weighted by Gasteiger charge is -2.34. The molecule has 0 aromatic rings. The van der Waals surface area contributed by atoms with E-state index in [1.807, 2.05) is 6.20 Å². The van der Waals surface area contributed by atoms with E-state index in [4.69, 9.17) is 11.6 Å². The van der Waals surface area contributed by atoms with Crippen LogP contribution in [0.4, 0.5) is 0 Å². The van der Waals surface area contributed by atoms with Gasteiger partial charge in [0.2, 0.25) is 0 Å². The molecule has 14 heavy (non-hydrogen) atoms.